The van der Waals surface area contributed by atoms with Crippen molar-refractivity contribution in [3.05, 3.63) is 94.8 Å². The van der Waals surface area contributed by atoms with Crippen LogP contribution < -0.4 is 10.6 Å². The van der Waals surface area contributed by atoms with Crippen LogP contribution in [0.5, 0.6) is 0 Å². The fourth-order valence-electron chi connectivity index (χ4n) is 2.66. The van der Waals surface area contributed by atoms with E-state index in [0.717, 1.165) is 11.1 Å². The quantitative estimate of drug-likeness (QED) is 0.719. The van der Waals surface area contributed by atoms with E-state index < -0.39 is 5.91 Å². The number of aromatic nitrogens is 1. The lowest BCUT2D eigenvalue weighted by Gasteiger charge is -2.08. The molecule has 3 aromatic rings. The first kappa shape index (κ1) is 18.8. The summed E-state index contributed by atoms with van der Waals surface area (Å²) in [6.45, 7) is 2.35. The Hall–Kier alpha value is -3.98. The normalized spacial score (nSPS) is 10.0. The average molecular weight is 370 g/mol. The van der Waals surface area contributed by atoms with Gasteiger partial charge in [0.25, 0.3) is 11.8 Å². The van der Waals surface area contributed by atoms with Crippen molar-refractivity contribution < 1.29 is 9.59 Å². The van der Waals surface area contributed by atoms with Crippen molar-refractivity contribution in [2.75, 3.05) is 5.32 Å². The van der Waals surface area contributed by atoms with Crippen LogP contribution in [0.1, 0.15) is 37.7 Å². The fraction of sp³-hybridized carbons (Fsp3) is 0.0909. The highest BCUT2D eigenvalue weighted by molar-refractivity contribution is 6.04. The van der Waals surface area contributed by atoms with Crippen LogP contribution in [0.15, 0.2) is 66.7 Å². The summed E-state index contributed by atoms with van der Waals surface area (Å²) in [6, 6.07) is 21.2. The monoisotopic (exact) mass is 370 g/mol. The topological polar surface area (TPSA) is 94.9 Å². The van der Waals surface area contributed by atoms with Crippen molar-refractivity contribution >= 4 is 17.5 Å². The number of nitrogens with one attached hydrogen (secondary N) is 2. The third kappa shape index (κ3) is 4.59. The van der Waals surface area contributed by atoms with Crippen molar-refractivity contribution in [1.82, 2.24) is 10.3 Å². The number of para-hydroxylation sites is 1. The summed E-state index contributed by atoms with van der Waals surface area (Å²) in [5, 5.41) is 14.6. The molecule has 0 radical (unpaired) electrons. The maximum atomic E-state index is 12.5. The number of pyridine rings is 1. The smallest absolute Gasteiger partial charge is 0.274 e. The number of benzene rings is 2. The molecule has 0 saturated carbocycles. The van der Waals surface area contributed by atoms with Gasteiger partial charge in [0.05, 0.1) is 11.3 Å². The van der Waals surface area contributed by atoms with E-state index in [1.807, 2.05) is 37.3 Å². The fourth-order valence-corrected chi connectivity index (χ4v) is 2.66. The van der Waals surface area contributed by atoms with Crippen LogP contribution in [0, 0.1) is 18.3 Å². The molecule has 0 aliphatic heterocycles. The van der Waals surface area contributed by atoms with Gasteiger partial charge in [-0.3, -0.25) is 9.59 Å². The van der Waals surface area contributed by atoms with Gasteiger partial charge in [0.1, 0.15) is 17.5 Å². The highest BCUT2D eigenvalue weighted by atomic mass is 16.2. The number of amides is 2. The van der Waals surface area contributed by atoms with E-state index >= 15 is 0 Å². The number of hydrogen-bond donors (Lipinski definition) is 2. The summed E-state index contributed by atoms with van der Waals surface area (Å²) in [6.07, 6.45) is 0. The molecule has 0 saturated heterocycles. The van der Waals surface area contributed by atoms with Gasteiger partial charge in [-0.25, -0.2) is 4.98 Å². The molecule has 28 heavy (non-hydrogen) atoms. The number of hydrogen-bond acceptors (Lipinski definition) is 4. The van der Waals surface area contributed by atoms with Gasteiger partial charge in [0.15, 0.2) is 0 Å². The van der Waals surface area contributed by atoms with Crippen LogP contribution in [0.2, 0.25) is 0 Å². The lowest BCUT2D eigenvalue weighted by molar-refractivity contribution is 0.0945. The van der Waals surface area contributed by atoms with Crippen LogP contribution in [-0.4, -0.2) is 16.8 Å². The minimum atomic E-state index is -0.490. The van der Waals surface area contributed by atoms with Gasteiger partial charge in [0.2, 0.25) is 0 Å². The van der Waals surface area contributed by atoms with Gasteiger partial charge < -0.3 is 10.6 Å². The van der Waals surface area contributed by atoms with Gasteiger partial charge in [-0.05, 0) is 36.8 Å². The van der Waals surface area contributed by atoms with Gasteiger partial charge in [-0.1, -0.05) is 48.0 Å². The Kier molecular flexibility index (Phi) is 5.78. The molecule has 1 heterocycles. The zero-order chi connectivity index (χ0) is 19.9. The number of anilines is 1. The van der Waals surface area contributed by atoms with E-state index in [-0.39, 0.29) is 17.3 Å². The highest BCUT2D eigenvalue weighted by Gasteiger charge is 2.13. The van der Waals surface area contributed by atoms with Crippen molar-refractivity contribution in [1.29, 1.82) is 5.26 Å². The molecule has 0 atom stereocenters. The number of nitrogens with zero attached hydrogens (tertiary/aromatic N) is 2. The molecule has 0 aliphatic carbocycles. The van der Waals surface area contributed by atoms with E-state index in [0.29, 0.717) is 17.8 Å². The number of nitriles is 1. The van der Waals surface area contributed by atoms with E-state index in [4.69, 9.17) is 5.26 Å². The van der Waals surface area contributed by atoms with Crippen LogP contribution in [-0.2, 0) is 6.54 Å². The van der Waals surface area contributed by atoms with E-state index in [2.05, 4.69) is 15.6 Å². The lowest BCUT2D eigenvalue weighted by Crippen LogP contribution is -2.25. The van der Waals surface area contributed by atoms with E-state index in [1.54, 1.807) is 36.4 Å². The molecular formula is C22H18N4O2. The molecule has 2 aromatic carbocycles. The summed E-state index contributed by atoms with van der Waals surface area (Å²) in [5.74, 6) is -0.857. The molecule has 1 aromatic heterocycles. The molecule has 0 aliphatic rings. The molecule has 6 heteroatoms. The summed E-state index contributed by atoms with van der Waals surface area (Å²) in [7, 11) is 0. The Bertz CT molecular complexity index is 1070. The maximum Gasteiger partial charge on any atom is 0.274 e. The molecule has 2 amide bonds. The van der Waals surface area contributed by atoms with E-state index in [1.165, 1.54) is 6.07 Å². The SMILES string of the molecule is Cc1cccc(CNC(=O)c2cccc(C(=O)Nc3ccccc3C#N)n2)c1. The first-order valence-corrected chi connectivity index (χ1v) is 8.68. The maximum absolute atomic E-state index is 12.5. The summed E-state index contributed by atoms with van der Waals surface area (Å²) in [5.41, 5.74) is 3.08. The number of carbonyl (C=O) groups is 2. The number of aryl methyl sites for hydroxylation is 1. The molecule has 2 N–H and O–H groups in total. The molecule has 3 rings (SSSR count). The molecule has 0 fully saturated rings. The summed E-state index contributed by atoms with van der Waals surface area (Å²) in [4.78, 5) is 29.0. The van der Waals surface area contributed by atoms with Crippen LogP contribution in [0.3, 0.4) is 0 Å². The van der Waals surface area contributed by atoms with Crippen molar-refractivity contribution in [2.45, 2.75) is 13.5 Å². The van der Waals surface area contributed by atoms with Crippen LogP contribution in [0.4, 0.5) is 5.69 Å². The van der Waals surface area contributed by atoms with Crippen molar-refractivity contribution in [3.8, 4) is 6.07 Å². The summed E-state index contributed by atoms with van der Waals surface area (Å²) < 4.78 is 0. The van der Waals surface area contributed by atoms with Gasteiger partial charge in [-0.15, -0.1) is 0 Å². The summed E-state index contributed by atoms with van der Waals surface area (Å²) >= 11 is 0. The second kappa shape index (κ2) is 8.60. The molecule has 6 nitrogen and oxygen atoms in total. The van der Waals surface area contributed by atoms with Crippen molar-refractivity contribution in [3.63, 3.8) is 0 Å². The Balaban J connectivity index is 1.70. The Morgan fingerprint density at radius 3 is 2.43 bits per heavy atom. The number of rotatable bonds is 5. The first-order chi connectivity index (χ1) is 13.6. The molecular weight excluding hydrogens is 352 g/mol. The van der Waals surface area contributed by atoms with Crippen LogP contribution >= 0.6 is 0 Å². The Morgan fingerprint density at radius 1 is 0.964 bits per heavy atom. The molecule has 0 unspecified atom stereocenters. The first-order valence-electron chi connectivity index (χ1n) is 8.68. The third-order valence-corrected chi connectivity index (χ3v) is 4.05. The minimum absolute atomic E-state index is 0.0935. The van der Waals surface area contributed by atoms with Gasteiger partial charge >= 0.3 is 0 Å². The van der Waals surface area contributed by atoms with E-state index in [9.17, 15) is 9.59 Å². The predicted molar refractivity (Wildman–Crippen MR) is 106 cm³/mol. The molecule has 138 valence electrons. The third-order valence-electron chi connectivity index (χ3n) is 4.05. The van der Waals surface area contributed by atoms with Gasteiger partial charge in [-0.2, -0.15) is 5.26 Å². The Morgan fingerprint density at radius 2 is 1.68 bits per heavy atom. The largest absolute Gasteiger partial charge is 0.347 e. The molecule has 0 bridgehead atoms. The predicted octanol–water partition coefficient (Wildman–Crippen LogP) is 3.44. The highest BCUT2D eigenvalue weighted by Crippen LogP contribution is 2.14. The lowest BCUT2D eigenvalue weighted by atomic mass is 10.1. The second-order valence-electron chi connectivity index (χ2n) is 6.19. The number of carbonyl (C=O) groups excluding carboxylic acids is 2. The Labute approximate surface area is 162 Å². The van der Waals surface area contributed by atoms with Crippen LogP contribution in [0.25, 0.3) is 0 Å². The standard InChI is InChI=1S/C22H18N4O2/c1-15-6-4-7-16(12-15)14-24-21(27)19-10-5-11-20(25-19)22(28)26-18-9-3-2-8-17(18)13-23/h2-12H,14H2,1H3,(H,24,27)(H,26,28). The second-order valence-corrected chi connectivity index (χ2v) is 6.19. The van der Waals surface area contributed by atoms with Gasteiger partial charge in [0, 0.05) is 6.54 Å². The zero-order valence-corrected chi connectivity index (χ0v) is 15.3. The minimum Gasteiger partial charge on any atom is -0.347 e. The average Bonchev–Trinajstić information content (AvgIpc) is 2.72. The molecule has 0 spiro atoms. The zero-order valence-electron chi connectivity index (χ0n) is 15.3. The van der Waals surface area contributed by atoms with Crippen molar-refractivity contribution in [2.24, 2.45) is 0 Å².